The average Bonchev–Trinajstić information content (AvgIpc) is 2.33. The molecule has 1 N–H and O–H groups in total. The molecule has 0 saturated carbocycles. The molecule has 3 nitrogen and oxygen atoms in total. The Labute approximate surface area is 130 Å². The van der Waals surface area contributed by atoms with Crippen molar-refractivity contribution in [1.82, 2.24) is 9.97 Å². The van der Waals surface area contributed by atoms with Crippen molar-refractivity contribution < 1.29 is 0 Å². The van der Waals surface area contributed by atoms with Crippen LogP contribution < -0.4 is 5.32 Å². The van der Waals surface area contributed by atoms with E-state index in [9.17, 15) is 0 Å². The molecule has 0 spiro atoms. The summed E-state index contributed by atoms with van der Waals surface area (Å²) in [6, 6.07) is 7.30. The van der Waals surface area contributed by atoms with Gasteiger partial charge in [-0.2, -0.15) is 0 Å². The summed E-state index contributed by atoms with van der Waals surface area (Å²) >= 11 is 15.4. The zero-order valence-corrected chi connectivity index (χ0v) is 13.3. The number of nitrogens with one attached hydrogen (secondary N) is 1. The quantitative estimate of drug-likeness (QED) is 0.757. The third kappa shape index (κ3) is 4.06. The Kier molecular flexibility index (Phi) is 5.02. The maximum atomic E-state index is 6.05. The first-order chi connectivity index (χ1) is 9.08. The van der Waals surface area contributed by atoms with Crippen molar-refractivity contribution in [3.8, 4) is 0 Å². The van der Waals surface area contributed by atoms with Crippen LogP contribution in [-0.4, -0.2) is 9.97 Å². The molecule has 0 bridgehead atoms. The van der Waals surface area contributed by atoms with E-state index in [0.717, 1.165) is 28.8 Å². The van der Waals surface area contributed by atoms with Gasteiger partial charge >= 0.3 is 0 Å². The van der Waals surface area contributed by atoms with Crippen molar-refractivity contribution >= 4 is 50.6 Å². The lowest BCUT2D eigenvalue weighted by atomic mass is 10.3. The van der Waals surface area contributed by atoms with Gasteiger partial charge in [0, 0.05) is 22.6 Å². The predicted molar refractivity (Wildman–Crippen MR) is 83.5 cm³/mol. The van der Waals surface area contributed by atoms with Crippen LogP contribution in [-0.2, 0) is 6.42 Å². The standard InChI is InChI=1S/C13H12BrCl2N3/c1-2-3-12-18-11(16)7-13(19-12)17-8-4-5-9(14)10(15)6-8/h4-7H,2-3H2,1H3,(H,17,18,19). The van der Waals surface area contributed by atoms with Crippen molar-refractivity contribution in [1.29, 1.82) is 0 Å². The Morgan fingerprint density at radius 1 is 1.21 bits per heavy atom. The highest BCUT2D eigenvalue weighted by atomic mass is 79.9. The van der Waals surface area contributed by atoms with Crippen LogP contribution in [0.15, 0.2) is 28.7 Å². The average molecular weight is 361 g/mol. The van der Waals surface area contributed by atoms with Crippen LogP contribution in [0.1, 0.15) is 19.2 Å². The smallest absolute Gasteiger partial charge is 0.135 e. The summed E-state index contributed by atoms with van der Waals surface area (Å²) < 4.78 is 0.854. The second-order valence-electron chi connectivity index (χ2n) is 4.00. The second-order valence-corrected chi connectivity index (χ2v) is 5.64. The van der Waals surface area contributed by atoms with Gasteiger partial charge in [0.1, 0.15) is 16.8 Å². The van der Waals surface area contributed by atoms with E-state index in [0.29, 0.717) is 16.0 Å². The molecule has 2 rings (SSSR count). The normalized spacial score (nSPS) is 10.5. The number of halogens is 3. The summed E-state index contributed by atoms with van der Waals surface area (Å²) in [7, 11) is 0. The predicted octanol–water partition coefficient (Wildman–Crippen LogP) is 5.24. The van der Waals surface area contributed by atoms with Gasteiger partial charge in [-0.15, -0.1) is 0 Å². The number of benzene rings is 1. The molecule has 2 aromatic rings. The van der Waals surface area contributed by atoms with Crippen LogP contribution in [0.2, 0.25) is 10.2 Å². The minimum Gasteiger partial charge on any atom is -0.340 e. The second kappa shape index (κ2) is 6.55. The van der Waals surface area contributed by atoms with Crippen LogP contribution >= 0.6 is 39.1 Å². The van der Waals surface area contributed by atoms with E-state index in [-0.39, 0.29) is 0 Å². The molecule has 0 radical (unpaired) electrons. The Morgan fingerprint density at radius 2 is 2.00 bits per heavy atom. The Morgan fingerprint density at radius 3 is 2.68 bits per heavy atom. The van der Waals surface area contributed by atoms with Gasteiger partial charge in [-0.1, -0.05) is 30.1 Å². The molecule has 0 unspecified atom stereocenters. The van der Waals surface area contributed by atoms with Gasteiger partial charge in [0.25, 0.3) is 0 Å². The molecule has 0 aliphatic rings. The van der Waals surface area contributed by atoms with Gasteiger partial charge in [0.2, 0.25) is 0 Å². The van der Waals surface area contributed by atoms with Crippen LogP contribution in [0, 0.1) is 0 Å². The van der Waals surface area contributed by atoms with Gasteiger partial charge in [0.05, 0.1) is 5.02 Å². The van der Waals surface area contributed by atoms with Gasteiger partial charge in [-0.05, 0) is 40.5 Å². The van der Waals surface area contributed by atoms with Crippen molar-refractivity contribution in [2.45, 2.75) is 19.8 Å². The lowest BCUT2D eigenvalue weighted by molar-refractivity contribution is 0.837. The molecule has 1 aromatic carbocycles. The first-order valence-electron chi connectivity index (χ1n) is 5.84. The summed E-state index contributed by atoms with van der Waals surface area (Å²) in [6.07, 6.45) is 1.78. The molecule has 0 saturated heterocycles. The largest absolute Gasteiger partial charge is 0.340 e. The maximum Gasteiger partial charge on any atom is 0.135 e. The summed E-state index contributed by atoms with van der Waals surface area (Å²) in [4.78, 5) is 8.59. The number of hydrogen-bond acceptors (Lipinski definition) is 3. The van der Waals surface area contributed by atoms with Crippen LogP contribution in [0.4, 0.5) is 11.5 Å². The van der Waals surface area contributed by atoms with Crippen molar-refractivity contribution in [2.75, 3.05) is 5.32 Å². The Bertz CT molecular complexity index is 590. The molecule has 1 aromatic heterocycles. The third-order valence-corrected chi connectivity index (χ3v) is 3.83. The van der Waals surface area contributed by atoms with Crippen molar-refractivity contribution in [2.24, 2.45) is 0 Å². The number of anilines is 2. The van der Waals surface area contributed by atoms with Gasteiger partial charge in [-0.25, -0.2) is 9.97 Å². The molecule has 0 aliphatic carbocycles. The first-order valence-corrected chi connectivity index (χ1v) is 7.39. The number of aryl methyl sites for hydroxylation is 1. The van der Waals surface area contributed by atoms with E-state index in [1.807, 2.05) is 18.2 Å². The molecule has 1 heterocycles. The summed E-state index contributed by atoms with van der Waals surface area (Å²) in [5.74, 6) is 1.41. The fourth-order valence-corrected chi connectivity index (χ4v) is 2.21. The molecule has 19 heavy (non-hydrogen) atoms. The maximum absolute atomic E-state index is 6.05. The van der Waals surface area contributed by atoms with Gasteiger partial charge in [-0.3, -0.25) is 0 Å². The minimum absolute atomic E-state index is 0.434. The fourth-order valence-electron chi connectivity index (χ4n) is 1.59. The monoisotopic (exact) mass is 359 g/mol. The minimum atomic E-state index is 0.434. The summed E-state index contributed by atoms with van der Waals surface area (Å²) in [5.41, 5.74) is 0.852. The molecule has 100 valence electrons. The number of aromatic nitrogens is 2. The third-order valence-electron chi connectivity index (χ3n) is 2.41. The van der Waals surface area contributed by atoms with E-state index in [1.54, 1.807) is 6.07 Å². The number of nitrogens with zero attached hydrogens (tertiary/aromatic N) is 2. The van der Waals surface area contributed by atoms with Crippen LogP contribution in [0.3, 0.4) is 0 Å². The van der Waals surface area contributed by atoms with Gasteiger partial charge < -0.3 is 5.32 Å². The molecular weight excluding hydrogens is 349 g/mol. The molecule has 0 fully saturated rings. The number of rotatable bonds is 4. The summed E-state index contributed by atoms with van der Waals surface area (Å²) in [5, 5.41) is 4.24. The Balaban J connectivity index is 2.24. The first kappa shape index (κ1) is 14.6. The zero-order chi connectivity index (χ0) is 13.8. The van der Waals surface area contributed by atoms with Crippen LogP contribution in [0.5, 0.6) is 0 Å². The van der Waals surface area contributed by atoms with Crippen LogP contribution in [0.25, 0.3) is 0 Å². The lowest BCUT2D eigenvalue weighted by Crippen LogP contribution is -2.00. The van der Waals surface area contributed by atoms with Gasteiger partial charge in [0.15, 0.2) is 0 Å². The van der Waals surface area contributed by atoms with E-state index in [2.05, 4.69) is 38.1 Å². The van der Waals surface area contributed by atoms with E-state index < -0.39 is 0 Å². The summed E-state index contributed by atoms with van der Waals surface area (Å²) in [6.45, 7) is 2.08. The SMILES string of the molecule is CCCc1nc(Cl)cc(Nc2ccc(Br)c(Cl)c2)n1. The molecule has 0 amide bonds. The van der Waals surface area contributed by atoms with E-state index >= 15 is 0 Å². The highest BCUT2D eigenvalue weighted by Crippen LogP contribution is 2.27. The molecule has 0 aliphatic heterocycles. The topological polar surface area (TPSA) is 37.8 Å². The van der Waals surface area contributed by atoms with Crippen molar-refractivity contribution in [3.05, 3.63) is 44.7 Å². The molecular formula is C13H12BrCl2N3. The highest BCUT2D eigenvalue weighted by molar-refractivity contribution is 9.10. The zero-order valence-electron chi connectivity index (χ0n) is 10.3. The molecule has 0 atom stereocenters. The van der Waals surface area contributed by atoms with E-state index in [1.165, 1.54) is 0 Å². The number of hydrogen-bond donors (Lipinski definition) is 1. The Hall–Kier alpha value is -0.840. The lowest BCUT2D eigenvalue weighted by Gasteiger charge is -2.08. The highest BCUT2D eigenvalue weighted by Gasteiger charge is 2.04. The fraction of sp³-hybridized carbons (Fsp3) is 0.231. The van der Waals surface area contributed by atoms with E-state index in [4.69, 9.17) is 23.2 Å². The van der Waals surface area contributed by atoms with Crippen molar-refractivity contribution in [3.63, 3.8) is 0 Å². The molecule has 6 heteroatoms.